The van der Waals surface area contributed by atoms with Gasteiger partial charge in [0.1, 0.15) is 5.82 Å². The third-order valence-corrected chi connectivity index (χ3v) is 5.01. The molecule has 2 unspecified atom stereocenters. The molecule has 0 heterocycles. The highest BCUT2D eigenvalue weighted by Crippen LogP contribution is 2.30. The molecule has 110 valence electrons. The van der Waals surface area contributed by atoms with Crippen LogP contribution in [0.3, 0.4) is 0 Å². The fraction of sp³-hybridized carbons (Fsp3) is 0.533. The number of halogens is 3. The van der Waals surface area contributed by atoms with E-state index in [9.17, 15) is 9.18 Å². The Hall–Kier alpha value is -0.610. The first kappa shape index (κ1) is 15.8. The molecule has 20 heavy (non-hydrogen) atoms. The Morgan fingerprint density at radius 3 is 2.70 bits per heavy atom. The standard InChI is InChI=1S/C15H18BrClFNO/c16-13-6-5-10(7-14(13)18)15(20)19-9-12-4-2-1-3-11(12)8-17/h5-7,11-12H,1-4,8-9H2,(H,19,20). The van der Waals surface area contributed by atoms with E-state index in [1.165, 1.54) is 18.9 Å². The first-order valence-electron chi connectivity index (χ1n) is 6.91. The zero-order valence-corrected chi connectivity index (χ0v) is 13.5. The highest BCUT2D eigenvalue weighted by molar-refractivity contribution is 9.10. The molecule has 2 rings (SSSR count). The monoisotopic (exact) mass is 361 g/mol. The number of nitrogens with one attached hydrogen (secondary N) is 1. The highest BCUT2D eigenvalue weighted by Gasteiger charge is 2.24. The second kappa shape index (κ2) is 7.41. The molecule has 1 fully saturated rings. The predicted octanol–water partition coefficient (Wildman–Crippen LogP) is 4.36. The lowest BCUT2D eigenvalue weighted by molar-refractivity contribution is 0.0936. The molecule has 2 nitrogen and oxygen atoms in total. The van der Waals surface area contributed by atoms with Crippen molar-refractivity contribution in [2.45, 2.75) is 25.7 Å². The van der Waals surface area contributed by atoms with Crippen LogP contribution in [-0.2, 0) is 0 Å². The zero-order valence-electron chi connectivity index (χ0n) is 11.2. The number of carbonyl (C=O) groups excluding carboxylic acids is 1. The van der Waals surface area contributed by atoms with Gasteiger partial charge in [-0.15, -0.1) is 11.6 Å². The number of hydrogen-bond acceptors (Lipinski definition) is 1. The van der Waals surface area contributed by atoms with E-state index in [1.54, 1.807) is 12.1 Å². The van der Waals surface area contributed by atoms with Crippen LogP contribution in [0.15, 0.2) is 22.7 Å². The Labute approximate surface area is 132 Å². The molecule has 0 bridgehead atoms. The number of amides is 1. The van der Waals surface area contributed by atoms with Gasteiger partial charge < -0.3 is 5.32 Å². The Morgan fingerprint density at radius 2 is 2.05 bits per heavy atom. The Balaban J connectivity index is 1.92. The number of hydrogen-bond donors (Lipinski definition) is 1. The van der Waals surface area contributed by atoms with E-state index in [4.69, 9.17) is 11.6 Å². The van der Waals surface area contributed by atoms with Crippen molar-refractivity contribution in [3.8, 4) is 0 Å². The molecule has 0 aromatic heterocycles. The number of rotatable bonds is 4. The van der Waals surface area contributed by atoms with Crippen LogP contribution in [0.1, 0.15) is 36.0 Å². The predicted molar refractivity (Wildman–Crippen MR) is 82.6 cm³/mol. The second-order valence-electron chi connectivity index (χ2n) is 5.30. The zero-order chi connectivity index (χ0) is 14.5. The Bertz CT molecular complexity index is 483. The van der Waals surface area contributed by atoms with Crippen molar-refractivity contribution in [2.24, 2.45) is 11.8 Å². The third kappa shape index (κ3) is 3.95. The summed E-state index contributed by atoms with van der Waals surface area (Å²) in [7, 11) is 0. The second-order valence-corrected chi connectivity index (χ2v) is 6.46. The van der Waals surface area contributed by atoms with Gasteiger partial charge in [0, 0.05) is 18.0 Å². The van der Waals surface area contributed by atoms with Crippen LogP contribution in [0.4, 0.5) is 4.39 Å². The van der Waals surface area contributed by atoms with Crippen LogP contribution in [-0.4, -0.2) is 18.3 Å². The normalized spacial score (nSPS) is 22.6. The van der Waals surface area contributed by atoms with Crippen molar-refractivity contribution in [2.75, 3.05) is 12.4 Å². The molecule has 2 atom stereocenters. The van der Waals surface area contributed by atoms with Gasteiger partial charge in [0.25, 0.3) is 5.91 Å². The summed E-state index contributed by atoms with van der Waals surface area (Å²) in [6.45, 7) is 0.619. The third-order valence-electron chi connectivity index (χ3n) is 3.97. The lowest BCUT2D eigenvalue weighted by Gasteiger charge is -2.30. The molecule has 1 amide bonds. The summed E-state index contributed by atoms with van der Waals surface area (Å²) in [4.78, 5) is 12.0. The molecule has 1 aliphatic carbocycles. The van der Waals surface area contributed by atoms with E-state index >= 15 is 0 Å². The van der Waals surface area contributed by atoms with Gasteiger partial charge in [-0.2, -0.15) is 0 Å². The number of alkyl halides is 1. The summed E-state index contributed by atoms with van der Waals surface area (Å²) >= 11 is 9.05. The Kier molecular flexibility index (Phi) is 5.85. The SMILES string of the molecule is O=C(NCC1CCCCC1CCl)c1ccc(Br)c(F)c1. The maximum Gasteiger partial charge on any atom is 0.251 e. The summed E-state index contributed by atoms with van der Waals surface area (Å²) in [5, 5.41) is 2.90. The number of benzene rings is 1. The van der Waals surface area contributed by atoms with Gasteiger partial charge in [-0.25, -0.2) is 4.39 Å². The van der Waals surface area contributed by atoms with Crippen molar-refractivity contribution in [1.82, 2.24) is 5.32 Å². The average molecular weight is 363 g/mol. The van der Waals surface area contributed by atoms with E-state index < -0.39 is 5.82 Å². The van der Waals surface area contributed by atoms with Crippen LogP contribution in [0.2, 0.25) is 0 Å². The molecule has 1 saturated carbocycles. The van der Waals surface area contributed by atoms with Gasteiger partial charge in [0.2, 0.25) is 0 Å². The van der Waals surface area contributed by atoms with Crippen LogP contribution in [0.5, 0.6) is 0 Å². The van der Waals surface area contributed by atoms with Crippen molar-refractivity contribution >= 4 is 33.4 Å². The van der Waals surface area contributed by atoms with Crippen molar-refractivity contribution < 1.29 is 9.18 Å². The maximum absolute atomic E-state index is 13.4. The van der Waals surface area contributed by atoms with Crippen LogP contribution in [0.25, 0.3) is 0 Å². The molecule has 5 heteroatoms. The molecule has 1 aromatic rings. The van der Waals surface area contributed by atoms with Crippen molar-refractivity contribution in [1.29, 1.82) is 0 Å². The van der Waals surface area contributed by atoms with Gasteiger partial charge in [-0.1, -0.05) is 12.8 Å². The molecule has 1 N–H and O–H groups in total. The van der Waals surface area contributed by atoms with E-state index in [1.807, 2.05) is 0 Å². The summed E-state index contributed by atoms with van der Waals surface area (Å²) in [5.74, 6) is 0.912. The van der Waals surface area contributed by atoms with Crippen LogP contribution in [0, 0.1) is 17.7 Å². The molecular formula is C15H18BrClFNO. The number of carbonyl (C=O) groups is 1. The summed E-state index contributed by atoms with van der Waals surface area (Å²) < 4.78 is 13.8. The average Bonchev–Trinajstić information content (AvgIpc) is 2.47. The minimum atomic E-state index is -0.422. The fourth-order valence-corrected chi connectivity index (χ4v) is 3.37. The van der Waals surface area contributed by atoms with Gasteiger partial charge in [0.15, 0.2) is 0 Å². The van der Waals surface area contributed by atoms with Gasteiger partial charge in [-0.05, 0) is 58.8 Å². The van der Waals surface area contributed by atoms with E-state index in [2.05, 4.69) is 21.2 Å². The van der Waals surface area contributed by atoms with Gasteiger partial charge >= 0.3 is 0 Å². The molecular weight excluding hydrogens is 345 g/mol. The quantitative estimate of drug-likeness (QED) is 0.792. The minimum absolute atomic E-state index is 0.227. The summed E-state index contributed by atoms with van der Waals surface area (Å²) in [6.07, 6.45) is 4.66. The van der Waals surface area contributed by atoms with Gasteiger partial charge in [0.05, 0.1) is 4.47 Å². The van der Waals surface area contributed by atoms with Crippen LogP contribution < -0.4 is 5.32 Å². The Morgan fingerprint density at radius 1 is 1.35 bits per heavy atom. The van der Waals surface area contributed by atoms with Crippen LogP contribution >= 0.6 is 27.5 Å². The lowest BCUT2D eigenvalue weighted by Crippen LogP contribution is -2.34. The lowest BCUT2D eigenvalue weighted by atomic mass is 9.80. The molecule has 1 aromatic carbocycles. The maximum atomic E-state index is 13.4. The molecule has 1 aliphatic rings. The van der Waals surface area contributed by atoms with E-state index in [-0.39, 0.29) is 5.91 Å². The highest BCUT2D eigenvalue weighted by atomic mass is 79.9. The molecule has 0 aliphatic heterocycles. The smallest absolute Gasteiger partial charge is 0.251 e. The first-order chi connectivity index (χ1) is 9.61. The molecule has 0 spiro atoms. The topological polar surface area (TPSA) is 29.1 Å². The first-order valence-corrected chi connectivity index (χ1v) is 8.23. The largest absolute Gasteiger partial charge is 0.352 e. The van der Waals surface area contributed by atoms with E-state index in [0.29, 0.717) is 34.3 Å². The van der Waals surface area contributed by atoms with Crippen molar-refractivity contribution in [3.63, 3.8) is 0 Å². The molecule has 0 saturated heterocycles. The summed E-state index contributed by atoms with van der Waals surface area (Å²) in [6, 6.07) is 4.41. The fourth-order valence-electron chi connectivity index (χ4n) is 2.72. The van der Waals surface area contributed by atoms with Crippen molar-refractivity contribution in [3.05, 3.63) is 34.1 Å². The van der Waals surface area contributed by atoms with E-state index in [0.717, 1.165) is 12.8 Å². The molecule has 0 radical (unpaired) electrons. The summed E-state index contributed by atoms with van der Waals surface area (Å²) in [5.41, 5.74) is 0.351. The van der Waals surface area contributed by atoms with Gasteiger partial charge in [-0.3, -0.25) is 4.79 Å². The minimum Gasteiger partial charge on any atom is -0.352 e.